The highest BCUT2D eigenvalue weighted by Crippen LogP contribution is 2.26. The summed E-state index contributed by atoms with van der Waals surface area (Å²) in [4.78, 5) is 41.5. The third-order valence-corrected chi connectivity index (χ3v) is 5.53. The van der Waals surface area contributed by atoms with Gasteiger partial charge in [-0.25, -0.2) is 0 Å². The average Bonchev–Trinajstić information content (AvgIpc) is 2.97. The van der Waals surface area contributed by atoms with Crippen LogP contribution >= 0.6 is 22.6 Å². The first kappa shape index (κ1) is 19.3. The second-order valence-corrected chi connectivity index (χ2v) is 8.05. The number of aryl methyl sites for hydroxylation is 1. The molecule has 0 atom stereocenters. The van der Waals surface area contributed by atoms with Gasteiger partial charge in [0.1, 0.15) is 6.67 Å². The summed E-state index contributed by atoms with van der Waals surface area (Å²) in [5, 5.41) is 0. The lowest BCUT2D eigenvalue weighted by atomic mass is 10.1. The number of hydrogen-bond donors (Lipinski definition) is 0. The molecule has 3 aromatic rings. The molecular formula is C23H17IN2O3. The van der Waals surface area contributed by atoms with E-state index in [0.717, 1.165) is 14.0 Å². The number of amides is 3. The van der Waals surface area contributed by atoms with Crippen LogP contribution in [0.4, 0.5) is 5.69 Å². The number of nitrogens with zero attached hydrogens (tertiary/aromatic N) is 2. The summed E-state index contributed by atoms with van der Waals surface area (Å²) in [6.07, 6.45) is 0. The number of fused-ring (bicyclic) bond motifs is 1. The molecule has 0 spiro atoms. The van der Waals surface area contributed by atoms with E-state index in [4.69, 9.17) is 0 Å². The van der Waals surface area contributed by atoms with Crippen molar-refractivity contribution in [2.75, 3.05) is 11.6 Å². The summed E-state index contributed by atoms with van der Waals surface area (Å²) < 4.78 is 1.02. The van der Waals surface area contributed by atoms with Gasteiger partial charge in [0.2, 0.25) is 0 Å². The number of benzene rings is 3. The summed E-state index contributed by atoms with van der Waals surface area (Å²) in [7, 11) is 0. The lowest BCUT2D eigenvalue weighted by Crippen LogP contribution is -2.44. The van der Waals surface area contributed by atoms with Crippen molar-refractivity contribution in [1.29, 1.82) is 0 Å². The Morgan fingerprint density at radius 2 is 1.52 bits per heavy atom. The Bertz CT molecular complexity index is 1090. The Hall–Kier alpha value is -3.00. The van der Waals surface area contributed by atoms with Crippen LogP contribution < -0.4 is 4.90 Å². The number of halogens is 1. The summed E-state index contributed by atoms with van der Waals surface area (Å²) >= 11 is 2.19. The van der Waals surface area contributed by atoms with E-state index in [0.29, 0.717) is 22.4 Å². The van der Waals surface area contributed by atoms with E-state index in [1.54, 1.807) is 36.4 Å². The molecule has 0 N–H and O–H groups in total. The molecule has 5 nitrogen and oxygen atoms in total. The summed E-state index contributed by atoms with van der Waals surface area (Å²) in [5.74, 6) is -1.05. The Balaban J connectivity index is 1.72. The highest BCUT2D eigenvalue weighted by atomic mass is 127. The van der Waals surface area contributed by atoms with Crippen LogP contribution in [0.5, 0.6) is 0 Å². The van der Waals surface area contributed by atoms with Crippen LogP contribution in [0.25, 0.3) is 0 Å². The van der Waals surface area contributed by atoms with Crippen molar-refractivity contribution in [3.05, 3.63) is 98.6 Å². The average molecular weight is 496 g/mol. The molecule has 29 heavy (non-hydrogen) atoms. The van der Waals surface area contributed by atoms with Crippen molar-refractivity contribution in [2.24, 2.45) is 0 Å². The molecule has 0 saturated heterocycles. The van der Waals surface area contributed by atoms with Gasteiger partial charge in [0.15, 0.2) is 0 Å². The van der Waals surface area contributed by atoms with Gasteiger partial charge in [0.05, 0.1) is 11.1 Å². The number of carbonyl (C=O) groups excluding carboxylic acids is 3. The Labute approximate surface area is 182 Å². The van der Waals surface area contributed by atoms with Gasteiger partial charge in [0.25, 0.3) is 17.7 Å². The molecule has 1 heterocycles. The zero-order chi connectivity index (χ0) is 20.5. The van der Waals surface area contributed by atoms with E-state index in [-0.39, 0.29) is 12.6 Å². The Morgan fingerprint density at radius 3 is 2.10 bits per heavy atom. The fourth-order valence-electron chi connectivity index (χ4n) is 3.33. The lowest BCUT2D eigenvalue weighted by molar-refractivity contribution is 0.0650. The van der Waals surface area contributed by atoms with Crippen molar-refractivity contribution < 1.29 is 14.4 Å². The summed E-state index contributed by atoms with van der Waals surface area (Å²) in [6, 6.07) is 21.4. The molecule has 0 radical (unpaired) electrons. The number of anilines is 1. The molecule has 0 aromatic heterocycles. The largest absolute Gasteiger partial charge is 0.290 e. The first-order valence-corrected chi connectivity index (χ1v) is 10.1. The second kappa shape index (κ2) is 7.79. The number of carbonyl (C=O) groups is 3. The minimum absolute atomic E-state index is 0.153. The van der Waals surface area contributed by atoms with Crippen LogP contribution in [0.2, 0.25) is 0 Å². The minimum Gasteiger partial charge on any atom is -0.290 e. The molecule has 0 unspecified atom stereocenters. The Morgan fingerprint density at radius 1 is 0.897 bits per heavy atom. The zero-order valence-corrected chi connectivity index (χ0v) is 17.8. The standard InChI is InChI=1S/C23H17IN2O3/c1-15-5-4-6-16(13-15)21(27)25(18-11-9-17(24)10-12-18)14-26-22(28)19-7-2-3-8-20(19)23(26)29/h2-13H,14H2,1H3. The molecule has 0 bridgehead atoms. The molecule has 4 rings (SSSR count). The van der Waals surface area contributed by atoms with Crippen LogP contribution in [-0.4, -0.2) is 29.3 Å². The molecule has 0 aliphatic carbocycles. The molecule has 3 aromatic carbocycles. The van der Waals surface area contributed by atoms with Gasteiger partial charge < -0.3 is 0 Å². The van der Waals surface area contributed by atoms with Gasteiger partial charge in [0, 0.05) is 14.8 Å². The molecule has 1 aliphatic rings. The fourth-order valence-corrected chi connectivity index (χ4v) is 3.69. The molecular weight excluding hydrogens is 479 g/mol. The Kier molecular flexibility index (Phi) is 5.19. The van der Waals surface area contributed by atoms with Crippen LogP contribution in [-0.2, 0) is 0 Å². The number of rotatable bonds is 4. The lowest BCUT2D eigenvalue weighted by Gasteiger charge is -2.27. The van der Waals surface area contributed by atoms with Crippen molar-refractivity contribution in [2.45, 2.75) is 6.92 Å². The van der Waals surface area contributed by atoms with Gasteiger partial charge in [-0.2, -0.15) is 0 Å². The smallest absolute Gasteiger partial charge is 0.263 e. The predicted molar refractivity (Wildman–Crippen MR) is 119 cm³/mol. The summed E-state index contributed by atoms with van der Waals surface area (Å²) in [6.45, 7) is 1.76. The zero-order valence-electron chi connectivity index (χ0n) is 15.6. The molecule has 0 fully saturated rings. The minimum atomic E-state index is -0.391. The topological polar surface area (TPSA) is 57.7 Å². The summed E-state index contributed by atoms with van der Waals surface area (Å²) in [5.41, 5.74) is 2.80. The highest BCUT2D eigenvalue weighted by Gasteiger charge is 2.37. The van der Waals surface area contributed by atoms with Crippen LogP contribution in [0, 0.1) is 10.5 Å². The van der Waals surface area contributed by atoms with Crippen molar-refractivity contribution >= 4 is 46.0 Å². The molecule has 6 heteroatoms. The van der Waals surface area contributed by atoms with Crippen LogP contribution in [0.15, 0.2) is 72.8 Å². The maximum absolute atomic E-state index is 13.3. The van der Waals surface area contributed by atoms with E-state index in [1.807, 2.05) is 43.3 Å². The van der Waals surface area contributed by atoms with E-state index in [2.05, 4.69) is 22.6 Å². The van der Waals surface area contributed by atoms with Crippen molar-refractivity contribution in [3.8, 4) is 0 Å². The van der Waals surface area contributed by atoms with Crippen LogP contribution in [0.1, 0.15) is 36.6 Å². The van der Waals surface area contributed by atoms with E-state index < -0.39 is 11.8 Å². The van der Waals surface area contributed by atoms with E-state index >= 15 is 0 Å². The third-order valence-electron chi connectivity index (χ3n) is 4.81. The SMILES string of the molecule is Cc1cccc(C(=O)N(CN2C(=O)c3ccccc3C2=O)c2ccc(I)cc2)c1. The van der Waals surface area contributed by atoms with E-state index in [9.17, 15) is 14.4 Å². The first-order valence-electron chi connectivity index (χ1n) is 9.05. The number of imide groups is 1. The normalized spacial score (nSPS) is 12.8. The monoisotopic (exact) mass is 496 g/mol. The van der Waals surface area contributed by atoms with Crippen molar-refractivity contribution in [1.82, 2.24) is 4.90 Å². The predicted octanol–water partition coefficient (Wildman–Crippen LogP) is 4.50. The molecule has 0 saturated carbocycles. The van der Waals surface area contributed by atoms with Crippen LogP contribution in [0.3, 0.4) is 0 Å². The maximum atomic E-state index is 13.3. The molecule has 144 valence electrons. The quantitative estimate of drug-likeness (QED) is 0.395. The fraction of sp³-hybridized carbons (Fsp3) is 0.0870. The van der Waals surface area contributed by atoms with Gasteiger partial charge in [-0.3, -0.25) is 24.2 Å². The number of hydrogen-bond acceptors (Lipinski definition) is 3. The first-order chi connectivity index (χ1) is 14.0. The highest BCUT2D eigenvalue weighted by molar-refractivity contribution is 14.1. The third kappa shape index (κ3) is 3.67. The van der Waals surface area contributed by atoms with Gasteiger partial charge >= 0.3 is 0 Å². The van der Waals surface area contributed by atoms with Gasteiger partial charge in [-0.1, -0.05) is 29.8 Å². The van der Waals surface area contributed by atoms with Crippen molar-refractivity contribution in [3.63, 3.8) is 0 Å². The second-order valence-electron chi connectivity index (χ2n) is 6.80. The maximum Gasteiger partial charge on any atom is 0.263 e. The molecule has 1 aliphatic heterocycles. The molecule has 3 amide bonds. The van der Waals surface area contributed by atoms with E-state index in [1.165, 1.54) is 4.90 Å². The van der Waals surface area contributed by atoms with Gasteiger partial charge in [-0.15, -0.1) is 0 Å². The van der Waals surface area contributed by atoms with Gasteiger partial charge in [-0.05, 0) is 78.0 Å².